The second-order valence-electron chi connectivity index (χ2n) is 5.70. The molecule has 0 fully saturated rings. The molecule has 3 rings (SSSR count). The number of non-ortho nitro benzene ring substituents is 1. The van der Waals surface area contributed by atoms with Crippen molar-refractivity contribution in [3.63, 3.8) is 0 Å². The van der Waals surface area contributed by atoms with Crippen LogP contribution in [0.4, 0.5) is 11.5 Å². The summed E-state index contributed by atoms with van der Waals surface area (Å²) < 4.78 is 0. The van der Waals surface area contributed by atoms with Crippen LogP contribution in [0.25, 0.3) is 11.4 Å². The molecule has 25 heavy (non-hydrogen) atoms. The first-order valence-corrected chi connectivity index (χ1v) is 8.53. The topological polar surface area (TPSA) is 93.8 Å². The molecule has 0 radical (unpaired) electrons. The smallest absolute Gasteiger partial charge is 0.270 e. The lowest BCUT2D eigenvalue weighted by Crippen LogP contribution is -2.09. The monoisotopic (exact) mass is 355 g/mol. The van der Waals surface area contributed by atoms with Gasteiger partial charge in [0.05, 0.1) is 11.0 Å². The molecule has 1 unspecified atom stereocenters. The van der Waals surface area contributed by atoms with E-state index in [1.54, 1.807) is 23.5 Å². The molecule has 128 valence electrons. The Kier molecular flexibility index (Phi) is 4.71. The summed E-state index contributed by atoms with van der Waals surface area (Å²) in [5.74, 6) is 1.11. The van der Waals surface area contributed by atoms with Crippen LogP contribution in [0, 0.1) is 24.0 Å². The number of rotatable bonds is 5. The number of anilines is 1. The summed E-state index contributed by atoms with van der Waals surface area (Å²) in [7, 11) is 0. The van der Waals surface area contributed by atoms with Gasteiger partial charge in [-0.3, -0.25) is 10.1 Å². The second kappa shape index (κ2) is 6.94. The molecule has 2 heterocycles. The third-order valence-electron chi connectivity index (χ3n) is 3.54. The van der Waals surface area contributed by atoms with E-state index in [9.17, 15) is 10.1 Å². The summed E-state index contributed by atoms with van der Waals surface area (Å²) in [6.07, 6.45) is 1.85. The lowest BCUT2D eigenvalue weighted by Gasteiger charge is -2.13. The number of hydrogen-bond donors (Lipinski definition) is 1. The summed E-state index contributed by atoms with van der Waals surface area (Å²) in [4.78, 5) is 25.0. The molecule has 0 spiro atoms. The SMILES string of the molecule is Cc1cc(NC(C)c2ncc(C)s2)nc(-c2cccc([N+](=O)[O-])c2)n1. The van der Waals surface area contributed by atoms with Crippen LogP contribution in [0.1, 0.15) is 28.5 Å². The van der Waals surface area contributed by atoms with Gasteiger partial charge in [-0.2, -0.15) is 0 Å². The van der Waals surface area contributed by atoms with Gasteiger partial charge >= 0.3 is 0 Å². The van der Waals surface area contributed by atoms with Gasteiger partial charge in [0.1, 0.15) is 10.8 Å². The van der Waals surface area contributed by atoms with Crippen molar-refractivity contribution in [3.8, 4) is 11.4 Å². The average molecular weight is 355 g/mol. The molecule has 0 saturated heterocycles. The fourth-order valence-corrected chi connectivity index (χ4v) is 3.16. The van der Waals surface area contributed by atoms with Gasteiger partial charge in [0.2, 0.25) is 0 Å². The Morgan fingerprint density at radius 2 is 2.04 bits per heavy atom. The summed E-state index contributed by atoms with van der Waals surface area (Å²) in [5.41, 5.74) is 1.41. The Balaban J connectivity index is 1.90. The van der Waals surface area contributed by atoms with Crippen molar-refractivity contribution in [2.75, 3.05) is 5.32 Å². The number of benzene rings is 1. The highest BCUT2D eigenvalue weighted by Crippen LogP contribution is 2.25. The molecule has 3 aromatic rings. The number of aryl methyl sites for hydroxylation is 2. The second-order valence-corrected chi connectivity index (χ2v) is 6.97. The average Bonchev–Trinajstić information content (AvgIpc) is 3.01. The van der Waals surface area contributed by atoms with E-state index in [4.69, 9.17) is 0 Å². The molecule has 0 aliphatic carbocycles. The lowest BCUT2D eigenvalue weighted by atomic mass is 10.2. The number of aromatic nitrogens is 3. The van der Waals surface area contributed by atoms with E-state index >= 15 is 0 Å². The van der Waals surface area contributed by atoms with Gasteiger partial charge in [-0.15, -0.1) is 11.3 Å². The summed E-state index contributed by atoms with van der Waals surface area (Å²) >= 11 is 1.63. The van der Waals surface area contributed by atoms with Crippen LogP contribution >= 0.6 is 11.3 Å². The van der Waals surface area contributed by atoms with E-state index in [2.05, 4.69) is 20.3 Å². The number of nitrogens with zero attached hydrogens (tertiary/aromatic N) is 4. The van der Waals surface area contributed by atoms with Gasteiger partial charge in [0.25, 0.3) is 5.69 Å². The van der Waals surface area contributed by atoms with E-state index in [0.717, 1.165) is 15.6 Å². The summed E-state index contributed by atoms with van der Waals surface area (Å²) in [6, 6.07) is 8.17. The standard InChI is InChI=1S/C17H17N5O2S/c1-10-7-15(20-12(3)17-18-9-11(2)25-17)21-16(19-10)13-5-4-6-14(8-13)22(23)24/h4-9,12H,1-3H3,(H,19,20,21). The van der Waals surface area contributed by atoms with E-state index in [1.807, 2.05) is 33.0 Å². The van der Waals surface area contributed by atoms with Gasteiger partial charge in [0, 0.05) is 40.5 Å². The van der Waals surface area contributed by atoms with Crippen LogP contribution in [0.3, 0.4) is 0 Å². The molecule has 1 N–H and O–H groups in total. The Morgan fingerprint density at radius 3 is 2.72 bits per heavy atom. The zero-order valence-electron chi connectivity index (χ0n) is 14.1. The Morgan fingerprint density at radius 1 is 1.24 bits per heavy atom. The zero-order chi connectivity index (χ0) is 18.0. The first kappa shape index (κ1) is 17.0. The maximum Gasteiger partial charge on any atom is 0.270 e. The quantitative estimate of drug-likeness (QED) is 0.542. The summed E-state index contributed by atoms with van der Waals surface area (Å²) in [5, 5.41) is 15.3. The molecule has 1 aromatic carbocycles. The van der Waals surface area contributed by atoms with Gasteiger partial charge in [-0.05, 0) is 20.8 Å². The van der Waals surface area contributed by atoms with Crippen molar-refractivity contribution in [1.29, 1.82) is 0 Å². The minimum Gasteiger partial charge on any atom is -0.361 e. The van der Waals surface area contributed by atoms with E-state index in [0.29, 0.717) is 17.2 Å². The molecule has 1 atom stereocenters. The number of nitrogens with one attached hydrogen (secondary N) is 1. The minimum atomic E-state index is -0.425. The highest BCUT2D eigenvalue weighted by Gasteiger charge is 2.13. The third-order valence-corrected chi connectivity index (χ3v) is 4.64. The Hall–Kier alpha value is -2.87. The molecule has 7 nitrogen and oxygen atoms in total. The Labute approximate surface area is 149 Å². The fraction of sp³-hybridized carbons (Fsp3) is 0.235. The minimum absolute atomic E-state index is 0.00552. The molecule has 2 aromatic heterocycles. The third kappa shape index (κ3) is 3.97. The van der Waals surface area contributed by atoms with Crippen molar-refractivity contribution in [2.45, 2.75) is 26.8 Å². The van der Waals surface area contributed by atoms with E-state index in [-0.39, 0.29) is 11.7 Å². The molecule has 8 heteroatoms. The molecule has 0 bridgehead atoms. The van der Waals surface area contributed by atoms with Crippen LogP contribution in [-0.4, -0.2) is 19.9 Å². The van der Waals surface area contributed by atoms with E-state index in [1.165, 1.54) is 12.1 Å². The highest BCUT2D eigenvalue weighted by molar-refractivity contribution is 7.11. The van der Waals surface area contributed by atoms with Crippen LogP contribution in [-0.2, 0) is 0 Å². The van der Waals surface area contributed by atoms with Crippen LogP contribution < -0.4 is 5.32 Å². The highest BCUT2D eigenvalue weighted by atomic mass is 32.1. The van der Waals surface area contributed by atoms with Crippen LogP contribution in [0.2, 0.25) is 0 Å². The predicted molar refractivity (Wildman–Crippen MR) is 97.7 cm³/mol. The van der Waals surface area contributed by atoms with E-state index < -0.39 is 4.92 Å². The normalized spacial score (nSPS) is 12.0. The number of nitro benzene ring substituents is 1. The van der Waals surface area contributed by atoms with Crippen molar-refractivity contribution in [1.82, 2.24) is 15.0 Å². The van der Waals surface area contributed by atoms with Crippen molar-refractivity contribution in [2.24, 2.45) is 0 Å². The molecule has 0 aliphatic rings. The molecule has 0 amide bonds. The first-order chi connectivity index (χ1) is 11.9. The maximum absolute atomic E-state index is 11.0. The van der Waals surface area contributed by atoms with Gasteiger partial charge in [-0.1, -0.05) is 12.1 Å². The molecule has 0 aliphatic heterocycles. The molecular weight excluding hydrogens is 338 g/mol. The van der Waals surface area contributed by atoms with Gasteiger partial charge in [0.15, 0.2) is 5.82 Å². The van der Waals surface area contributed by atoms with Crippen molar-refractivity contribution < 1.29 is 4.92 Å². The van der Waals surface area contributed by atoms with Gasteiger partial charge < -0.3 is 5.32 Å². The summed E-state index contributed by atoms with van der Waals surface area (Å²) in [6.45, 7) is 5.90. The Bertz CT molecular complexity index is 925. The predicted octanol–water partition coefficient (Wildman–Crippen LogP) is 4.30. The lowest BCUT2D eigenvalue weighted by molar-refractivity contribution is -0.384. The van der Waals surface area contributed by atoms with Crippen molar-refractivity contribution >= 4 is 22.8 Å². The number of thiazole rings is 1. The van der Waals surface area contributed by atoms with Crippen molar-refractivity contribution in [3.05, 3.63) is 62.2 Å². The molecule has 0 saturated carbocycles. The number of nitro groups is 1. The molecular formula is C17H17N5O2S. The van der Waals surface area contributed by atoms with Crippen LogP contribution in [0.15, 0.2) is 36.5 Å². The maximum atomic E-state index is 11.0. The first-order valence-electron chi connectivity index (χ1n) is 7.72. The van der Waals surface area contributed by atoms with Crippen LogP contribution in [0.5, 0.6) is 0 Å². The number of hydrogen-bond acceptors (Lipinski definition) is 7. The largest absolute Gasteiger partial charge is 0.361 e. The van der Waals surface area contributed by atoms with Gasteiger partial charge in [-0.25, -0.2) is 15.0 Å². The zero-order valence-corrected chi connectivity index (χ0v) is 14.9. The fourth-order valence-electron chi connectivity index (χ4n) is 2.39.